The number of aromatic nitrogens is 3. The van der Waals surface area contributed by atoms with Gasteiger partial charge in [0.2, 0.25) is 5.88 Å². The fraction of sp³-hybridized carbons (Fsp3) is 0.257. The number of nitrogens with zero attached hydrogens (tertiary/aromatic N) is 4. The average Bonchev–Trinajstić information content (AvgIpc) is 3.74. The van der Waals surface area contributed by atoms with E-state index in [9.17, 15) is 14.3 Å². The highest BCUT2D eigenvalue weighted by atomic mass is 19.1. The number of halogens is 2. The number of pyridine rings is 1. The SMILES string of the molecule is N#Cc1ccc(COc2cccc(-c3ccc(Cc4nc5ccc(C(=O)O)cc5n4CC45CCC(CC4)O5)c(F)c3)n2)c(F)c1. The molecule has 0 radical (unpaired) electrons. The smallest absolute Gasteiger partial charge is 0.335 e. The van der Waals surface area contributed by atoms with Crippen LogP contribution in [0.2, 0.25) is 0 Å². The Hall–Kier alpha value is -5.14. The minimum absolute atomic E-state index is 0.0801. The molecular weight excluding hydrogens is 578 g/mol. The standard InChI is InChI=1S/C35H28F2N4O4/c36-27-14-21(18-38)4-5-25(27)19-44-33-3-1-2-29(40-33)23-7-6-22(28(37)15-23)17-32-39-30-9-8-24(34(42)43)16-31(30)41(32)20-35-12-10-26(45-35)11-13-35/h1-9,14-16,26H,10-13,17,19-20H2,(H,42,43). The number of imidazole rings is 1. The van der Waals surface area contributed by atoms with Crippen molar-refractivity contribution in [1.29, 1.82) is 5.26 Å². The molecule has 0 atom stereocenters. The molecule has 8 nitrogen and oxygen atoms in total. The largest absolute Gasteiger partial charge is 0.478 e. The molecule has 0 saturated carbocycles. The van der Waals surface area contributed by atoms with E-state index in [1.165, 1.54) is 24.3 Å². The zero-order valence-electron chi connectivity index (χ0n) is 24.2. The number of benzene rings is 3. The molecule has 2 aliphatic heterocycles. The van der Waals surface area contributed by atoms with Crippen LogP contribution in [0, 0.1) is 23.0 Å². The van der Waals surface area contributed by atoms with Gasteiger partial charge in [-0.25, -0.2) is 23.5 Å². The van der Waals surface area contributed by atoms with Crippen LogP contribution < -0.4 is 4.74 Å². The van der Waals surface area contributed by atoms with Crippen LogP contribution in [0.4, 0.5) is 8.78 Å². The molecule has 2 bridgehead atoms. The summed E-state index contributed by atoms with van der Waals surface area (Å²) in [5, 5.41) is 18.5. The number of hydrogen-bond donors (Lipinski definition) is 1. The lowest BCUT2D eigenvalue weighted by atomic mass is 9.88. The summed E-state index contributed by atoms with van der Waals surface area (Å²) in [6.45, 7) is 0.449. The summed E-state index contributed by atoms with van der Waals surface area (Å²) in [7, 11) is 0. The predicted octanol–water partition coefficient (Wildman–Crippen LogP) is 6.83. The third-order valence-electron chi connectivity index (χ3n) is 8.76. The number of nitriles is 1. The maximum absolute atomic E-state index is 15.6. The summed E-state index contributed by atoms with van der Waals surface area (Å²) in [6.07, 6.45) is 4.33. The number of carbonyl (C=O) groups is 1. The zero-order chi connectivity index (χ0) is 31.1. The molecule has 45 heavy (non-hydrogen) atoms. The fourth-order valence-corrected chi connectivity index (χ4v) is 6.37. The Kier molecular flexibility index (Phi) is 7.26. The van der Waals surface area contributed by atoms with Gasteiger partial charge in [0.1, 0.15) is 24.1 Å². The van der Waals surface area contributed by atoms with Crippen molar-refractivity contribution >= 4 is 17.0 Å². The van der Waals surface area contributed by atoms with E-state index in [0.29, 0.717) is 40.2 Å². The summed E-state index contributed by atoms with van der Waals surface area (Å²) in [5.74, 6) is -1.11. The number of rotatable bonds is 9. The highest BCUT2D eigenvalue weighted by Gasteiger charge is 2.46. The van der Waals surface area contributed by atoms with E-state index >= 15 is 4.39 Å². The maximum atomic E-state index is 15.6. The Morgan fingerprint density at radius 3 is 2.53 bits per heavy atom. The molecule has 0 aliphatic carbocycles. The Balaban J connectivity index is 1.14. The molecule has 0 unspecified atom stereocenters. The highest BCUT2D eigenvalue weighted by molar-refractivity contribution is 5.92. The van der Waals surface area contributed by atoms with Crippen LogP contribution >= 0.6 is 0 Å². The third kappa shape index (κ3) is 5.63. The second-order valence-electron chi connectivity index (χ2n) is 11.7. The van der Waals surface area contributed by atoms with E-state index in [-0.39, 0.29) is 47.3 Å². The van der Waals surface area contributed by atoms with Gasteiger partial charge in [0, 0.05) is 23.6 Å². The Morgan fingerprint density at radius 1 is 1.02 bits per heavy atom. The van der Waals surface area contributed by atoms with Gasteiger partial charge in [0.15, 0.2) is 0 Å². The Labute approximate surface area is 257 Å². The van der Waals surface area contributed by atoms with E-state index in [0.717, 1.165) is 31.7 Å². The number of aromatic carboxylic acids is 1. The lowest BCUT2D eigenvalue weighted by molar-refractivity contribution is 0.000838. The van der Waals surface area contributed by atoms with E-state index in [2.05, 4.69) is 4.98 Å². The van der Waals surface area contributed by atoms with Gasteiger partial charge in [0.05, 0.1) is 52.2 Å². The first-order chi connectivity index (χ1) is 21.8. The van der Waals surface area contributed by atoms with E-state index < -0.39 is 17.6 Å². The summed E-state index contributed by atoms with van der Waals surface area (Å²) in [4.78, 5) is 21.0. The van der Waals surface area contributed by atoms with Crippen molar-refractivity contribution in [1.82, 2.24) is 14.5 Å². The van der Waals surface area contributed by atoms with Gasteiger partial charge >= 0.3 is 5.97 Å². The zero-order valence-corrected chi connectivity index (χ0v) is 24.2. The molecule has 2 aliphatic rings. The summed E-state index contributed by atoms with van der Waals surface area (Å²) in [6, 6.07) is 20.9. The normalized spacial score (nSPS) is 18.7. The topological polar surface area (TPSA) is 110 Å². The van der Waals surface area contributed by atoms with E-state index in [1.54, 1.807) is 42.5 Å². The molecule has 3 aromatic carbocycles. The number of fused-ring (bicyclic) bond motifs is 3. The summed E-state index contributed by atoms with van der Waals surface area (Å²) in [5.41, 5.74) is 3.16. The molecule has 226 valence electrons. The molecule has 0 amide bonds. The molecule has 4 heterocycles. The lowest BCUT2D eigenvalue weighted by Crippen LogP contribution is -2.31. The van der Waals surface area contributed by atoms with E-state index in [4.69, 9.17) is 19.7 Å². The van der Waals surface area contributed by atoms with Crippen molar-refractivity contribution in [3.63, 3.8) is 0 Å². The van der Waals surface area contributed by atoms with Crippen molar-refractivity contribution in [3.05, 3.63) is 113 Å². The Bertz CT molecular complexity index is 1990. The number of carboxylic acids is 1. The second-order valence-corrected chi connectivity index (χ2v) is 11.7. The molecule has 2 fully saturated rings. The molecular formula is C35H28F2N4O4. The van der Waals surface area contributed by atoms with Crippen LogP contribution in [0.15, 0.2) is 72.8 Å². The minimum Gasteiger partial charge on any atom is -0.478 e. The van der Waals surface area contributed by atoms with Crippen LogP contribution in [0.1, 0.15) is 58.6 Å². The van der Waals surface area contributed by atoms with Gasteiger partial charge < -0.3 is 19.1 Å². The first kappa shape index (κ1) is 28.6. The van der Waals surface area contributed by atoms with Gasteiger partial charge in [-0.2, -0.15) is 5.26 Å². The molecule has 5 aromatic rings. The van der Waals surface area contributed by atoms with Crippen molar-refractivity contribution in [2.45, 2.75) is 57.0 Å². The van der Waals surface area contributed by atoms with Crippen LogP contribution in [0.25, 0.3) is 22.3 Å². The predicted molar refractivity (Wildman–Crippen MR) is 161 cm³/mol. The monoisotopic (exact) mass is 606 g/mol. The Morgan fingerprint density at radius 2 is 1.82 bits per heavy atom. The molecule has 1 N–H and O–H groups in total. The summed E-state index contributed by atoms with van der Waals surface area (Å²) >= 11 is 0. The molecule has 10 heteroatoms. The number of ether oxygens (including phenoxy) is 2. The van der Waals surface area contributed by atoms with Gasteiger partial charge in [-0.3, -0.25) is 0 Å². The van der Waals surface area contributed by atoms with Gasteiger partial charge in [-0.15, -0.1) is 0 Å². The second kappa shape index (κ2) is 11.4. The number of hydrogen-bond acceptors (Lipinski definition) is 6. The van der Waals surface area contributed by atoms with Gasteiger partial charge in [-0.05, 0) is 73.7 Å². The lowest BCUT2D eigenvalue weighted by Gasteiger charge is -2.26. The van der Waals surface area contributed by atoms with Crippen molar-refractivity contribution in [3.8, 4) is 23.2 Å². The molecule has 2 aromatic heterocycles. The van der Waals surface area contributed by atoms with Gasteiger partial charge in [0.25, 0.3) is 0 Å². The van der Waals surface area contributed by atoms with Crippen LogP contribution in [-0.4, -0.2) is 37.3 Å². The van der Waals surface area contributed by atoms with E-state index in [1.807, 2.05) is 10.6 Å². The molecule has 0 spiro atoms. The first-order valence-corrected chi connectivity index (χ1v) is 14.8. The van der Waals surface area contributed by atoms with Crippen LogP contribution in [0.5, 0.6) is 5.88 Å². The quantitative estimate of drug-likeness (QED) is 0.196. The van der Waals surface area contributed by atoms with Crippen molar-refractivity contribution in [2.75, 3.05) is 0 Å². The molecule has 2 saturated heterocycles. The maximum Gasteiger partial charge on any atom is 0.335 e. The van der Waals surface area contributed by atoms with Gasteiger partial charge in [-0.1, -0.05) is 24.3 Å². The van der Waals surface area contributed by atoms with Crippen molar-refractivity contribution < 1.29 is 28.2 Å². The molecule has 7 rings (SSSR count). The summed E-state index contributed by atoms with van der Waals surface area (Å²) < 4.78 is 43.9. The van der Waals surface area contributed by atoms with Crippen molar-refractivity contribution in [2.24, 2.45) is 0 Å². The first-order valence-electron chi connectivity index (χ1n) is 14.8. The average molecular weight is 607 g/mol. The minimum atomic E-state index is -1.02. The number of carboxylic acid groups (broad SMARTS) is 1. The highest BCUT2D eigenvalue weighted by Crippen LogP contribution is 2.45. The van der Waals surface area contributed by atoms with Crippen LogP contribution in [-0.2, 0) is 24.3 Å². The third-order valence-corrected chi connectivity index (χ3v) is 8.76. The van der Waals surface area contributed by atoms with Crippen LogP contribution in [0.3, 0.4) is 0 Å². The fourth-order valence-electron chi connectivity index (χ4n) is 6.37.